The molecule has 1 N–H and O–H groups in total. The molecular weight excluding hydrogens is 320 g/mol. The van der Waals surface area contributed by atoms with E-state index in [1.54, 1.807) is 11.3 Å². The van der Waals surface area contributed by atoms with Gasteiger partial charge in [0.15, 0.2) is 0 Å². The molecule has 1 aromatic rings. The van der Waals surface area contributed by atoms with Crippen LogP contribution in [0.5, 0.6) is 0 Å². The van der Waals surface area contributed by atoms with Gasteiger partial charge in [-0.25, -0.2) is 0 Å². The average molecular weight is 349 g/mol. The van der Waals surface area contributed by atoms with Gasteiger partial charge in [-0.2, -0.15) is 0 Å². The van der Waals surface area contributed by atoms with Crippen molar-refractivity contribution < 1.29 is 9.59 Å². The summed E-state index contributed by atoms with van der Waals surface area (Å²) in [4.78, 5) is 28.8. The number of nitrogens with zero attached hydrogens (tertiary/aromatic N) is 1. The SMILES string of the molecule is CC1CCc2sc(C(=O)NC3CCN(C(=O)C(C)C)CC3)cc2C1. The Morgan fingerprint density at radius 2 is 1.96 bits per heavy atom. The predicted molar refractivity (Wildman–Crippen MR) is 97.4 cm³/mol. The summed E-state index contributed by atoms with van der Waals surface area (Å²) >= 11 is 1.67. The summed E-state index contributed by atoms with van der Waals surface area (Å²) in [6.07, 6.45) is 5.16. The lowest BCUT2D eigenvalue weighted by molar-refractivity contribution is -0.135. The Kier molecular flexibility index (Phi) is 5.28. The third kappa shape index (κ3) is 3.82. The van der Waals surface area contributed by atoms with E-state index < -0.39 is 0 Å². The van der Waals surface area contributed by atoms with Crippen molar-refractivity contribution in [3.63, 3.8) is 0 Å². The van der Waals surface area contributed by atoms with Gasteiger partial charge in [0.2, 0.25) is 5.91 Å². The summed E-state index contributed by atoms with van der Waals surface area (Å²) in [7, 11) is 0. The number of piperidine rings is 1. The molecule has 2 aliphatic rings. The third-order valence-electron chi connectivity index (χ3n) is 5.19. The molecule has 132 valence electrons. The molecule has 1 unspecified atom stereocenters. The van der Waals surface area contributed by atoms with Crippen molar-refractivity contribution in [2.24, 2.45) is 11.8 Å². The van der Waals surface area contributed by atoms with Crippen molar-refractivity contribution >= 4 is 23.2 Å². The summed E-state index contributed by atoms with van der Waals surface area (Å²) in [5.74, 6) is 1.07. The van der Waals surface area contributed by atoms with Gasteiger partial charge in [-0.15, -0.1) is 11.3 Å². The predicted octanol–water partition coefficient (Wildman–Crippen LogP) is 3.25. The molecule has 0 radical (unpaired) electrons. The van der Waals surface area contributed by atoms with Crippen LogP contribution in [0.3, 0.4) is 0 Å². The largest absolute Gasteiger partial charge is 0.348 e. The maximum atomic E-state index is 12.6. The number of likely N-dealkylation sites (tertiary alicyclic amines) is 1. The van der Waals surface area contributed by atoms with E-state index in [-0.39, 0.29) is 23.8 Å². The zero-order chi connectivity index (χ0) is 17.3. The quantitative estimate of drug-likeness (QED) is 0.911. The molecule has 2 heterocycles. The second-order valence-electron chi connectivity index (χ2n) is 7.63. The van der Waals surface area contributed by atoms with Crippen molar-refractivity contribution in [3.8, 4) is 0 Å². The summed E-state index contributed by atoms with van der Waals surface area (Å²) in [5.41, 5.74) is 1.38. The summed E-state index contributed by atoms with van der Waals surface area (Å²) in [6, 6.07) is 2.29. The van der Waals surface area contributed by atoms with Crippen molar-refractivity contribution in [2.45, 2.75) is 58.9 Å². The van der Waals surface area contributed by atoms with Crippen LogP contribution in [0.1, 0.15) is 60.1 Å². The van der Waals surface area contributed by atoms with E-state index in [0.717, 1.165) is 49.6 Å². The van der Waals surface area contributed by atoms with E-state index in [4.69, 9.17) is 0 Å². The Balaban J connectivity index is 1.54. The van der Waals surface area contributed by atoms with Crippen LogP contribution in [0.25, 0.3) is 0 Å². The molecule has 1 aliphatic carbocycles. The van der Waals surface area contributed by atoms with Crippen molar-refractivity contribution in [1.82, 2.24) is 10.2 Å². The van der Waals surface area contributed by atoms with Crippen LogP contribution >= 0.6 is 11.3 Å². The maximum Gasteiger partial charge on any atom is 0.261 e. The van der Waals surface area contributed by atoms with E-state index in [9.17, 15) is 9.59 Å². The fourth-order valence-corrected chi connectivity index (χ4v) is 4.80. The minimum Gasteiger partial charge on any atom is -0.348 e. The van der Waals surface area contributed by atoms with Crippen LogP contribution in [-0.4, -0.2) is 35.8 Å². The highest BCUT2D eigenvalue weighted by Gasteiger charge is 2.26. The van der Waals surface area contributed by atoms with E-state index in [2.05, 4.69) is 18.3 Å². The van der Waals surface area contributed by atoms with Gasteiger partial charge in [0.1, 0.15) is 0 Å². The van der Waals surface area contributed by atoms with Crippen LogP contribution in [0, 0.1) is 11.8 Å². The van der Waals surface area contributed by atoms with Crippen molar-refractivity contribution in [2.75, 3.05) is 13.1 Å². The number of carbonyl (C=O) groups excluding carboxylic acids is 2. The molecule has 4 nitrogen and oxygen atoms in total. The number of fused-ring (bicyclic) bond motifs is 1. The minimum absolute atomic E-state index is 0.0518. The van der Waals surface area contributed by atoms with Gasteiger partial charge in [-0.1, -0.05) is 20.8 Å². The van der Waals surface area contributed by atoms with Gasteiger partial charge in [0.25, 0.3) is 5.91 Å². The summed E-state index contributed by atoms with van der Waals surface area (Å²) in [6.45, 7) is 7.67. The van der Waals surface area contributed by atoms with Gasteiger partial charge in [-0.3, -0.25) is 9.59 Å². The lowest BCUT2D eigenvalue weighted by Gasteiger charge is -2.33. The molecule has 1 saturated heterocycles. The first kappa shape index (κ1) is 17.5. The first-order valence-electron chi connectivity index (χ1n) is 9.15. The fraction of sp³-hybridized carbons (Fsp3) is 0.684. The number of rotatable bonds is 3. The smallest absolute Gasteiger partial charge is 0.261 e. The standard InChI is InChI=1S/C19H28N2O2S/c1-12(2)19(23)21-8-6-15(7-9-21)20-18(22)17-11-14-10-13(3)4-5-16(14)24-17/h11-13,15H,4-10H2,1-3H3,(H,20,22). The zero-order valence-corrected chi connectivity index (χ0v) is 15.7. The molecule has 1 aliphatic heterocycles. The van der Waals surface area contributed by atoms with Gasteiger partial charge < -0.3 is 10.2 Å². The summed E-state index contributed by atoms with van der Waals surface area (Å²) < 4.78 is 0. The molecule has 3 rings (SSSR count). The zero-order valence-electron chi connectivity index (χ0n) is 14.9. The first-order valence-corrected chi connectivity index (χ1v) is 9.97. The van der Waals surface area contributed by atoms with Gasteiger partial charge in [0, 0.05) is 29.9 Å². The molecule has 24 heavy (non-hydrogen) atoms. The van der Waals surface area contributed by atoms with Gasteiger partial charge in [-0.05, 0) is 49.7 Å². The number of hydrogen-bond acceptors (Lipinski definition) is 3. The highest BCUT2D eigenvalue weighted by Crippen LogP contribution is 2.32. The van der Waals surface area contributed by atoms with Gasteiger partial charge >= 0.3 is 0 Å². The maximum absolute atomic E-state index is 12.6. The van der Waals surface area contributed by atoms with Crippen molar-refractivity contribution in [3.05, 3.63) is 21.4 Å². The Bertz CT molecular complexity index is 615. The number of thiophene rings is 1. The molecule has 1 fully saturated rings. The monoisotopic (exact) mass is 348 g/mol. The first-order chi connectivity index (χ1) is 11.4. The number of amides is 2. The van der Waals surface area contributed by atoms with Crippen molar-refractivity contribution in [1.29, 1.82) is 0 Å². The number of aryl methyl sites for hydroxylation is 1. The molecule has 1 atom stereocenters. The van der Waals surface area contributed by atoms with E-state index in [0.29, 0.717) is 0 Å². The average Bonchev–Trinajstić information content (AvgIpc) is 2.98. The fourth-order valence-electron chi connectivity index (χ4n) is 3.68. The summed E-state index contributed by atoms with van der Waals surface area (Å²) in [5, 5.41) is 3.18. The Hall–Kier alpha value is -1.36. The number of hydrogen-bond donors (Lipinski definition) is 1. The molecule has 1 aromatic heterocycles. The second-order valence-corrected chi connectivity index (χ2v) is 8.77. The van der Waals surface area contributed by atoms with E-state index in [1.807, 2.05) is 18.7 Å². The normalized spacial score (nSPS) is 21.7. The highest BCUT2D eigenvalue weighted by molar-refractivity contribution is 7.14. The van der Waals surface area contributed by atoms with Crippen LogP contribution in [0.4, 0.5) is 0 Å². The lowest BCUT2D eigenvalue weighted by atomic mass is 9.90. The van der Waals surface area contributed by atoms with Crippen LogP contribution in [0.2, 0.25) is 0 Å². The van der Waals surface area contributed by atoms with E-state index >= 15 is 0 Å². The topological polar surface area (TPSA) is 49.4 Å². The lowest BCUT2D eigenvalue weighted by Crippen LogP contribution is -2.47. The third-order valence-corrected chi connectivity index (χ3v) is 6.42. The minimum atomic E-state index is 0.0518. The Morgan fingerprint density at radius 3 is 2.62 bits per heavy atom. The highest BCUT2D eigenvalue weighted by atomic mass is 32.1. The molecule has 2 amide bonds. The molecule has 0 aromatic carbocycles. The van der Waals surface area contributed by atoms with Crippen LogP contribution < -0.4 is 5.32 Å². The number of carbonyl (C=O) groups is 2. The Labute approximate surface area is 148 Å². The molecule has 0 saturated carbocycles. The van der Waals surface area contributed by atoms with E-state index in [1.165, 1.54) is 16.9 Å². The molecule has 0 spiro atoms. The Morgan fingerprint density at radius 1 is 1.25 bits per heavy atom. The molecule has 0 bridgehead atoms. The second kappa shape index (κ2) is 7.26. The van der Waals surface area contributed by atoms with Crippen LogP contribution in [0.15, 0.2) is 6.07 Å². The molecular formula is C19H28N2O2S. The molecule has 5 heteroatoms. The van der Waals surface area contributed by atoms with Crippen LogP contribution in [-0.2, 0) is 17.6 Å². The number of nitrogens with one attached hydrogen (secondary N) is 1. The van der Waals surface area contributed by atoms with Gasteiger partial charge in [0.05, 0.1) is 4.88 Å².